The number of ether oxygens (including phenoxy) is 1. The van der Waals surface area contributed by atoms with Crippen molar-refractivity contribution < 1.29 is 13.5 Å². The molecule has 0 aliphatic carbocycles. The first-order valence-electron chi connectivity index (χ1n) is 6.23. The van der Waals surface area contributed by atoms with Crippen molar-refractivity contribution in [3.05, 3.63) is 59.7 Å². The lowest BCUT2D eigenvalue weighted by atomic mass is 10.2. The van der Waals surface area contributed by atoms with Crippen molar-refractivity contribution in [3.8, 4) is 5.75 Å². The van der Waals surface area contributed by atoms with E-state index in [-0.39, 0.29) is 42.0 Å². The molecule has 22 heavy (non-hydrogen) atoms. The first kappa shape index (κ1) is 18.1. The van der Waals surface area contributed by atoms with Gasteiger partial charge >= 0.3 is 0 Å². The van der Waals surface area contributed by atoms with Crippen LogP contribution in [0.4, 0.5) is 14.5 Å². The molecular formula is C15H16F2IN3O. The SMILES string of the molecule is COc1ccc(NC(N)=NCc2cc(F)ccc2F)cc1.I. The van der Waals surface area contributed by atoms with Crippen LogP contribution in [0.1, 0.15) is 5.56 Å². The minimum atomic E-state index is -0.516. The second-order valence-electron chi connectivity index (χ2n) is 4.29. The third-order valence-electron chi connectivity index (χ3n) is 2.79. The fourth-order valence-electron chi connectivity index (χ4n) is 1.70. The van der Waals surface area contributed by atoms with E-state index in [1.54, 1.807) is 31.4 Å². The maximum Gasteiger partial charge on any atom is 0.193 e. The molecule has 0 amide bonds. The van der Waals surface area contributed by atoms with Gasteiger partial charge < -0.3 is 15.8 Å². The van der Waals surface area contributed by atoms with Crippen LogP contribution >= 0.6 is 24.0 Å². The summed E-state index contributed by atoms with van der Waals surface area (Å²) in [6.45, 7) is -0.0431. The van der Waals surface area contributed by atoms with E-state index in [0.717, 1.165) is 29.6 Å². The highest BCUT2D eigenvalue weighted by molar-refractivity contribution is 14.0. The highest BCUT2D eigenvalue weighted by atomic mass is 127. The summed E-state index contributed by atoms with van der Waals surface area (Å²) in [4.78, 5) is 3.98. The molecule has 0 atom stereocenters. The Balaban J connectivity index is 0.00000242. The molecule has 118 valence electrons. The van der Waals surface area contributed by atoms with E-state index in [0.29, 0.717) is 0 Å². The number of nitrogens with two attached hydrogens (primary N) is 1. The number of hydrogen-bond donors (Lipinski definition) is 2. The Labute approximate surface area is 144 Å². The molecule has 0 aliphatic rings. The molecule has 0 saturated heterocycles. The van der Waals surface area contributed by atoms with Gasteiger partial charge in [0.25, 0.3) is 0 Å². The average Bonchev–Trinajstić information content (AvgIpc) is 2.49. The van der Waals surface area contributed by atoms with Gasteiger partial charge in [-0.2, -0.15) is 0 Å². The van der Waals surface area contributed by atoms with Crippen LogP contribution in [0.15, 0.2) is 47.5 Å². The van der Waals surface area contributed by atoms with Crippen LogP contribution in [0.5, 0.6) is 5.75 Å². The summed E-state index contributed by atoms with van der Waals surface area (Å²) in [6.07, 6.45) is 0. The largest absolute Gasteiger partial charge is 0.497 e. The fourth-order valence-corrected chi connectivity index (χ4v) is 1.70. The molecule has 0 fully saturated rings. The third-order valence-corrected chi connectivity index (χ3v) is 2.79. The minimum absolute atomic E-state index is 0. The number of aliphatic imine (C=N–C) groups is 1. The lowest BCUT2D eigenvalue weighted by molar-refractivity contribution is 0.415. The van der Waals surface area contributed by atoms with Crippen LogP contribution in [0, 0.1) is 11.6 Å². The van der Waals surface area contributed by atoms with Gasteiger partial charge in [-0.1, -0.05) is 0 Å². The highest BCUT2D eigenvalue weighted by Gasteiger charge is 2.03. The number of halogens is 3. The van der Waals surface area contributed by atoms with Gasteiger partial charge in [-0.05, 0) is 42.5 Å². The van der Waals surface area contributed by atoms with E-state index in [4.69, 9.17) is 10.5 Å². The molecule has 0 unspecified atom stereocenters. The number of nitrogens with one attached hydrogen (secondary N) is 1. The molecule has 0 aromatic heterocycles. The Hall–Kier alpha value is -1.90. The van der Waals surface area contributed by atoms with Crippen molar-refractivity contribution in [3.63, 3.8) is 0 Å². The normalized spacial score (nSPS) is 10.8. The van der Waals surface area contributed by atoms with Crippen LogP contribution in [-0.4, -0.2) is 13.1 Å². The smallest absolute Gasteiger partial charge is 0.193 e. The van der Waals surface area contributed by atoms with Crippen molar-refractivity contribution >= 4 is 35.6 Å². The average molecular weight is 419 g/mol. The summed E-state index contributed by atoms with van der Waals surface area (Å²) >= 11 is 0. The topological polar surface area (TPSA) is 59.6 Å². The van der Waals surface area contributed by atoms with Crippen LogP contribution in [0.3, 0.4) is 0 Å². The first-order valence-corrected chi connectivity index (χ1v) is 6.23. The summed E-state index contributed by atoms with van der Waals surface area (Å²) in [5.41, 5.74) is 6.57. The van der Waals surface area contributed by atoms with E-state index in [1.807, 2.05) is 0 Å². The molecule has 2 aromatic carbocycles. The Kier molecular flexibility index (Phi) is 7.03. The van der Waals surface area contributed by atoms with Crippen LogP contribution in [0.25, 0.3) is 0 Å². The molecule has 0 aliphatic heterocycles. The fraction of sp³-hybridized carbons (Fsp3) is 0.133. The Morgan fingerprint density at radius 3 is 2.50 bits per heavy atom. The number of guanidine groups is 1. The number of benzene rings is 2. The molecule has 7 heteroatoms. The zero-order valence-corrected chi connectivity index (χ0v) is 14.2. The van der Waals surface area contributed by atoms with E-state index < -0.39 is 11.6 Å². The molecule has 0 saturated carbocycles. The van der Waals surface area contributed by atoms with E-state index >= 15 is 0 Å². The van der Waals surface area contributed by atoms with Crippen molar-refractivity contribution in [2.45, 2.75) is 6.54 Å². The summed E-state index contributed by atoms with van der Waals surface area (Å²) in [5.74, 6) is -0.192. The number of methoxy groups -OCH3 is 1. The Morgan fingerprint density at radius 1 is 1.18 bits per heavy atom. The van der Waals surface area contributed by atoms with Crippen molar-refractivity contribution in [2.75, 3.05) is 12.4 Å². The minimum Gasteiger partial charge on any atom is -0.497 e. The zero-order valence-electron chi connectivity index (χ0n) is 11.8. The summed E-state index contributed by atoms with van der Waals surface area (Å²) in [6, 6.07) is 10.3. The summed E-state index contributed by atoms with van der Waals surface area (Å²) < 4.78 is 31.5. The zero-order chi connectivity index (χ0) is 15.2. The van der Waals surface area contributed by atoms with E-state index in [1.165, 1.54) is 0 Å². The monoisotopic (exact) mass is 419 g/mol. The number of nitrogens with zero attached hydrogens (tertiary/aromatic N) is 1. The molecule has 2 aromatic rings. The van der Waals surface area contributed by atoms with Gasteiger partial charge in [0.05, 0.1) is 13.7 Å². The van der Waals surface area contributed by atoms with Gasteiger partial charge in [-0.3, -0.25) is 0 Å². The summed E-state index contributed by atoms with van der Waals surface area (Å²) in [5, 5.41) is 2.85. The molecule has 0 heterocycles. The van der Waals surface area contributed by atoms with Gasteiger partial charge in [-0.15, -0.1) is 24.0 Å². The molecule has 4 nitrogen and oxygen atoms in total. The van der Waals surface area contributed by atoms with E-state index in [2.05, 4.69) is 10.3 Å². The first-order chi connectivity index (χ1) is 10.1. The predicted molar refractivity (Wildman–Crippen MR) is 93.7 cm³/mol. The quantitative estimate of drug-likeness (QED) is 0.453. The molecule has 0 bridgehead atoms. The van der Waals surface area contributed by atoms with Gasteiger partial charge in [0.2, 0.25) is 0 Å². The predicted octanol–water partition coefficient (Wildman–Crippen LogP) is 3.52. The number of anilines is 1. The molecule has 2 rings (SSSR count). The van der Waals surface area contributed by atoms with Crippen molar-refractivity contribution in [1.82, 2.24) is 0 Å². The van der Waals surface area contributed by atoms with Crippen LogP contribution < -0.4 is 15.8 Å². The standard InChI is InChI=1S/C15H15F2N3O.HI/c1-21-13-5-3-12(4-6-13)20-15(18)19-9-10-8-11(16)2-7-14(10)17;/h2-8H,9H2,1H3,(H3,18,19,20);1H. The highest BCUT2D eigenvalue weighted by Crippen LogP contribution is 2.15. The molecule has 0 spiro atoms. The van der Waals surface area contributed by atoms with Crippen LogP contribution in [-0.2, 0) is 6.54 Å². The second-order valence-corrected chi connectivity index (χ2v) is 4.29. The lowest BCUT2D eigenvalue weighted by Gasteiger charge is -2.07. The number of rotatable bonds is 4. The Bertz CT molecular complexity index is 648. The Morgan fingerprint density at radius 2 is 1.86 bits per heavy atom. The van der Waals surface area contributed by atoms with Gasteiger partial charge in [-0.25, -0.2) is 13.8 Å². The number of hydrogen-bond acceptors (Lipinski definition) is 2. The van der Waals surface area contributed by atoms with Crippen LogP contribution in [0.2, 0.25) is 0 Å². The van der Waals surface area contributed by atoms with Gasteiger partial charge in [0.15, 0.2) is 5.96 Å². The second kappa shape index (κ2) is 8.52. The maximum absolute atomic E-state index is 13.4. The van der Waals surface area contributed by atoms with Gasteiger partial charge in [0, 0.05) is 11.3 Å². The molecule has 3 N–H and O–H groups in total. The maximum atomic E-state index is 13.4. The van der Waals surface area contributed by atoms with Gasteiger partial charge in [0.1, 0.15) is 17.4 Å². The third kappa shape index (κ3) is 5.14. The summed E-state index contributed by atoms with van der Waals surface area (Å²) in [7, 11) is 1.58. The lowest BCUT2D eigenvalue weighted by Crippen LogP contribution is -2.22. The molecule has 0 radical (unpaired) electrons. The van der Waals surface area contributed by atoms with Crippen molar-refractivity contribution in [2.24, 2.45) is 10.7 Å². The van der Waals surface area contributed by atoms with E-state index in [9.17, 15) is 8.78 Å². The molecular weight excluding hydrogens is 403 g/mol. The van der Waals surface area contributed by atoms with Crippen molar-refractivity contribution in [1.29, 1.82) is 0 Å².